The highest BCUT2D eigenvalue weighted by molar-refractivity contribution is 7.80. The summed E-state index contributed by atoms with van der Waals surface area (Å²) < 4.78 is 15.1. The summed E-state index contributed by atoms with van der Waals surface area (Å²) >= 11 is 4.89. The third-order valence-electron chi connectivity index (χ3n) is 2.42. The van der Waals surface area contributed by atoms with Gasteiger partial charge in [0, 0.05) is 26.6 Å². The topological polar surface area (TPSA) is 95.6 Å². The zero-order valence-corrected chi connectivity index (χ0v) is 12.6. The maximum absolute atomic E-state index is 5.53. The summed E-state index contributed by atoms with van der Waals surface area (Å²) in [6.07, 6.45) is 0.551. The van der Waals surface area contributed by atoms with Gasteiger partial charge in [0.2, 0.25) is 5.95 Å². The van der Waals surface area contributed by atoms with Gasteiger partial charge < -0.3 is 24.8 Å². The van der Waals surface area contributed by atoms with Crippen molar-refractivity contribution in [1.29, 1.82) is 0 Å². The van der Waals surface area contributed by atoms with Crippen LogP contribution >= 0.6 is 12.2 Å². The van der Waals surface area contributed by atoms with Crippen molar-refractivity contribution in [2.24, 2.45) is 5.73 Å². The minimum Gasteiger partial charge on any atom is -0.467 e. The first-order valence-corrected chi connectivity index (χ1v) is 6.37. The molecule has 0 aromatic carbocycles. The van der Waals surface area contributed by atoms with Gasteiger partial charge >= 0.3 is 12.0 Å². The number of methoxy groups -OCH3 is 3. The molecule has 0 bridgehead atoms. The molecule has 9 heteroatoms. The highest BCUT2D eigenvalue weighted by atomic mass is 32.1. The summed E-state index contributed by atoms with van der Waals surface area (Å²) in [6, 6.07) is 0.370. The maximum Gasteiger partial charge on any atom is 0.324 e. The first-order valence-electron chi connectivity index (χ1n) is 5.97. The van der Waals surface area contributed by atoms with Gasteiger partial charge in [0.15, 0.2) is 0 Å². The molecule has 0 spiro atoms. The molecule has 0 radical (unpaired) electrons. The van der Waals surface area contributed by atoms with E-state index in [1.54, 1.807) is 7.11 Å². The van der Waals surface area contributed by atoms with Crippen molar-refractivity contribution in [3.8, 4) is 12.0 Å². The van der Waals surface area contributed by atoms with Crippen LogP contribution in [-0.2, 0) is 4.74 Å². The second-order valence-corrected chi connectivity index (χ2v) is 4.33. The average molecular weight is 301 g/mol. The molecule has 112 valence electrons. The van der Waals surface area contributed by atoms with Crippen LogP contribution < -0.4 is 20.1 Å². The maximum atomic E-state index is 5.53. The predicted molar refractivity (Wildman–Crippen MR) is 78.4 cm³/mol. The van der Waals surface area contributed by atoms with Gasteiger partial charge in [-0.1, -0.05) is 12.2 Å². The normalized spacial score (nSPS) is 10.2. The van der Waals surface area contributed by atoms with Crippen LogP contribution in [0.25, 0.3) is 0 Å². The van der Waals surface area contributed by atoms with Gasteiger partial charge in [0.1, 0.15) is 0 Å². The number of ether oxygens (including phenoxy) is 3. The average Bonchev–Trinajstić information content (AvgIpc) is 2.46. The van der Waals surface area contributed by atoms with Gasteiger partial charge in [-0.05, 0) is 0 Å². The van der Waals surface area contributed by atoms with Crippen molar-refractivity contribution in [3.63, 3.8) is 0 Å². The summed E-state index contributed by atoms with van der Waals surface area (Å²) in [5.74, 6) is 0.432. The van der Waals surface area contributed by atoms with Crippen LogP contribution in [0.4, 0.5) is 5.95 Å². The Morgan fingerprint density at radius 3 is 2.15 bits per heavy atom. The third kappa shape index (κ3) is 5.10. The molecule has 0 aliphatic heterocycles. The van der Waals surface area contributed by atoms with E-state index in [9.17, 15) is 0 Å². The van der Waals surface area contributed by atoms with Crippen LogP contribution in [0.15, 0.2) is 0 Å². The molecule has 0 aliphatic rings. The van der Waals surface area contributed by atoms with Gasteiger partial charge in [-0.25, -0.2) is 0 Å². The first-order chi connectivity index (χ1) is 9.60. The molecule has 0 saturated carbocycles. The van der Waals surface area contributed by atoms with Crippen LogP contribution in [0.3, 0.4) is 0 Å². The number of rotatable bonds is 9. The van der Waals surface area contributed by atoms with Crippen molar-refractivity contribution >= 4 is 23.2 Å². The third-order valence-corrected chi connectivity index (χ3v) is 2.63. The Morgan fingerprint density at radius 2 is 1.70 bits per heavy atom. The number of nitrogens with two attached hydrogens (primary N) is 1. The molecule has 0 saturated heterocycles. The van der Waals surface area contributed by atoms with E-state index in [1.165, 1.54) is 14.2 Å². The summed E-state index contributed by atoms with van der Waals surface area (Å²) in [6.45, 7) is 1.69. The van der Waals surface area contributed by atoms with Crippen molar-refractivity contribution in [1.82, 2.24) is 15.0 Å². The molecule has 1 aromatic heterocycles. The van der Waals surface area contributed by atoms with E-state index < -0.39 is 0 Å². The molecule has 0 atom stereocenters. The highest BCUT2D eigenvalue weighted by Crippen LogP contribution is 2.16. The van der Waals surface area contributed by atoms with Crippen LogP contribution in [-0.4, -0.2) is 61.0 Å². The summed E-state index contributed by atoms with van der Waals surface area (Å²) in [5.41, 5.74) is 5.53. The van der Waals surface area contributed by atoms with E-state index in [1.807, 2.05) is 4.90 Å². The van der Waals surface area contributed by atoms with Gasteiger partial charge in [0.25, 0.3) is 0 Å². The molecular formula is C11H19N5O3S. The van der Waals surface area contributed by atoms with E-state index >= 15 is 0 Å². The number of nitrogens with zero attached hydrogens (tertiary/aromatic N) is 4. The van der Waals surface area contributed by atoms with Gasteiger partial charge in [-0.3, -0.25) is 0 Å². The van der Waals surface area contributed by atoms with Crippen LogP contribution in [0, 0.1) is 0 Å². The van der Waals surface area contributed by atoms with Gasteiger partial charge in [-0.15, -0.1) is 4.98 Å². The lowest BCUT2D eigenvalue weighted by atomic mass is 10.4. The number of hydrogen-bond acceptors (Lipinski definition) is 8. The Kier molecular flexibility index (Phi) is 6.88. The largest absolute Gasteiger partial charge is 0.467 e. The van der Waals surface area contributed by atoms with E-state index in [4.69, 9.17) is 32.2 Å². The molecule has 0 amide bonds. The Bertz CT molecular complexity index is 424. The number of aromatic nitrogens is 3. The minimum atomic E-state index is 0.185. The Balaban J connectivity index is 2.94. The van der Waals surface area contributed by atoms with Crippen LogP contribution in [0.1, 0.15) is 6.42 Å². The first kappa shape index (κ1) is 16.3. The van der Waals surface area contributed by atoms with Crippen LogP contribution in [0.5, 0.6) is 12.0 Å². The van der Waals surface area contributed by atoms with Crippen molar-refractivity contribution in [2.45, 2.75) is 6.42 Å². The molecule has 8 nitrogen and oxygen atoms in total. The Morgan fingerprint density at radius 1 is 1.10 bits per heavy atom. The molecule has 0 fully saturated rings. The van der Waals surface area contributed by atoms with Crippen molar-refractivity contribution in [2.75, 3.05) is 45.9 Å². The van der Waals surface area contributed by atoms with E-state index in [0.29, 0.717) is 37.1 Å². The SMILES string of the molecule is COCCN(CCC(N)=S)c1nc(OC)nc(OC)n1. The fourth-order valence-electron chi connectivity index (χ4n) is 1.41. The summed E-state index contributed by atoms with van der Waals surface area (Å²) in [7, 11) is 4.58. The molecule has 1 rings (SSSR count). The van der Waals surface area contributed by atoms with Crippen LogP contribution in [0.2, 0.25) is 0 Å². The highest BCUT2D eigenvalue weighted by Gasteiger charge is 2.14. The second kappa shape index (κ2) is 8.43. The minimum absolute atomic E-state index is 0.185. The lowest BCUT2D eigenvalue weighted by molar-refractivity contribution is 0.205. The zero-order valence-electron chi connectivity index (χ0n) is 11.8. The fourth-order valence-corrected chi connectivity index (χ4v) is 1.50. The predicted octanol–water partition coefficient (Wildman–Crippen LogP) is 0.0178. The molecule has 2 N–H and O–H groups in total. The molecular weight excluding hydrogens is 282 g/mol. The summed E-state index contributed by atoms with van der Waals surface area (Å²) in [5, 5.41) is 0. The Labute approximate surface area is 123 Å². The van der Waals surface area contributed by atoms with Gasteiger partial charge in [-0.2, -0.15) is 9.97 Å². The smallest absolute Gasteiger partial charge is 0.324 e. The zero-order chi connectivity index (χ0) is 15.0. The lowest BCUT2D eigenvalue weighted by Crippen LogP contribution is -2.32. The molecule has 0 unspecified atom stereocenters. The standard InChI is InChI=1S/C11H19N5O3S/c1-17-7-6-16(5-4-8(12)20)9-13-10(18-2)15-11(14-9)19-3/h4-7H2,1-3H3,(H2,12,20). The van der Waals surface area contributed by atoms with Crippen molar-refractivity contribution < 1.29 is 14.2 Å². The van der Waals surface area contributed by atoms with E-state index in [0.717, 1.165) is 0 Å². The quantitative estimate of drug-likeness (QED) is 0.633. The molecule has 1 aromatic rings. The molecule has 20 heavy (non-hydrogen) atoms. The lowest BCUT2D eigenvalue weighted by Gasteiger charge is -2.22. The molecule has 0 aliphatic carbocycles. The van der Waals surface area contributed by atoms with E-state index in [-0.39, 0.29) is 12.0 Å². The second-order valence-electron chi connectivity index (χ2n) is 3.80. The molecule has 1 heterocycles. The monoisotopic (exact) mass is 301 g/mol. The van der Waals surface area contributed by atoms with Crippen molar-refractivity contribution in [3.05, 3.63) is 0 Å². The number of hydrogen-bond donors (Lipinski definition) is 1. The summed E-state index contributed by atoms with van der Waals surface area (Å²) in [4.78, 5) is 14.7. The number of anilines is 1. The number of thiocarbonyl (C=S) groups is 1. The van der Waals surface area contributed by atoms with Gasteiger partial charge in [0.05, 0.1) is 25.8 Å². The fraction of sp³-hybridized carbons (Fsp3) is 0.636. The Hall–Kier alpha value is -1.74. The van der Waals surface area contributed by atoms with E-state index in [2.05, 4.69) is 15.0 Å².